The molecule has 0 aliphatic carbocycles. The Morgan fingerprint density at radius 3 is 2.72 bits per heavy atom. The molecule has 1 aromatic heterocycles. The van der Waals surface area contributed by atoms with Crippen LogP contribution in [-0.4, -0.2) is 27.0 Å². The molecular weight excluding hydrogens is 274 g/mol. The minimum absolute atomic E-state index is 0.125. The van der Waals surface area contributed by atoms with Crippen molar-refractivity contribution in [2.75, 3.05) is 6.61 Å². The van der Waals surface area contributed by atoms with Crippen molar-refractivity contribution in [3.05, 3.63) is 17.0 Å². The van der Waals surface area contributed by atoms with Gasteiger partial charge in [-0.05, 0) is 26.3 Å². The predicted molar refractivity (Wildman–Crippen MR) is 70.4 cm³/mol. The molecule has 1 aromatic rings. The topological polar surface area (TPSA) is 72.5 Å². The number of carbonyl (C=O) groups excluding carboxylic acids is 1. The Labute approximate surface area is 111 Å². The molecule has 0 saturated heterocycles. The van der Waals surface area contributed by atoms with Crippen molar-refractivity contribution in [3.63, 3.8) is 0 Å². The van der Waals surface area contributed by atoms with Crippen LogP contribution >= 0.6 is 11.3 Å². The molecule has 5 nitrogen and oxygen atoms in total. The molecule has 0 aliphatic rings. The van der Waals surface area contributed by atoms with E-state index in [0.717, 1.165) is 17.8 Å². The molecule has 0 atom stereocenters. The van der Waals surface area contributed by atoms with Crippen LogP contribution in [0.15, 0.2) is 15.7 Å². The smallest absolute Gasteiger partial charge is 0.339 e. The molecule has 0 amide bonds. The fourth-order valence-corrected chi connectivity index (χ4v) is 3.63. The minimum Gasteiger partial charge on any atom is -0.462 e. The molecule has 0 aliphatic heterocycles. The summed E-state index contributed by atoms with van der Waals surface area (Å²) < 4.78 is 31.2. The van der Waals surface area contributed by atoms with E-state index in [1.165, 1.54) is 11.4 Å². The van der Waals surface area contributed by atoms with E-state index in [-0.39, 0.29) is 15.8 Å². The summed E-state index contributed by atoms with van der Waals surface area (Å²) >= 11 is 1.01. The van der Waals surface area contributed by atoms with E-state index >= 15 is 0 Å². The lowest BCUT2D eigenvalue weighted by atomic mass is 10.3. The summed E-state index contributed by atoms with van der Waals surface area (Å²) in [7, 11) is -3.53. The van der Waals surface area contributed by atoms with Crippen molar-refractivity contribution >= 4 is 27.3 Å². The first kappa shape index (κ1) is 15.1. The normalized spacial score (nSPS) is 11.8. The van der Waals surface area contributed by atoms with Crippen molar-refractivity contribution in [1.29, 1.82) is 0 Å². The summed E-state index contributed by atoms with van der Waals surface area (Å²) in [6.07, 6.45) is 0.732. The highest BCUT2D eigenvalue weighted by Gasteiger charge is 2.20. The van der Waals surface area contributed by atoms with Gasteiger partial charge in [-0.1, -0.05) is 6.92 Å². The molecule has 1 rings (SSSR count). The van der Waals surface area contributed by atoms with E-state index < -0.39 is 16.0 Å². The van der Waals surface area contributed by atoms with Crippen LogP contribution in [0.25, 0.3) is 0 Å². The second kappa shape index (κ2) is 6.31. The number of hydrogen-bond donors (Lipinski definition) is 1. The maximum atomic E-state index is 11.8. The molecule has 0 unspecified atom stereocenters. The van der Waals surface area contributed by atoms with Crippen molar-refractivity contribution < 1.29 is 17.9 Å². The van der Waals surface area contributed by atoms with Gasteiger partial charge in [-0.15, -0.1) is 11.3 Å². The number of thiophene rings is 1. The van der Waals surface area contributed by atoms with Gasteiger partial charge >= 0.3 is 5.97 Å². The van der Waals surface area contributed by atoms with Gasteiger partial charge in [0.05, 0.1) is 12.2 Å². The van der Waals surface area contributed by atoms with Gasteiger partial charge in [-0.3, -0.25) is 0 Å². The third-order valence-electron chi connectivity index (χ3n) is 1.90. The molecule has 0 aromatic carbocycles. The van der Waals surface area contributed by atoms with Gasteiger partial charge in [0.25, 0.3) is 0 Å². The van der Waals surface area contributed by atoms with Crippen molar-refractivity contribution in [2.24, 2.45) is 0 Å². The Hall–Kier alpha value is -0.920. The van der Waals surface area contributed by atoms with Crippen molar-refractivity contribution in [2.45, 2.75) is 37.4 Å². The lowest BCUT2D eigenvalue weighted by molar-refractivity contribution is 0.0505. The van der Waals surface area contributed by atoms with Crippen LogP contribution in [0.3, 0.4) is 0 Å². The van der Waals surface area contributed by atoms with E-state index in [1.54, 1.807) is 13.8 Å². The van der Waals surface area contributed by atoms with Crippen LogP contribution in [0.1, 0.15) is 37.6 Å². The summed E-state index contributed by atoms with van der Waals surface area (Å²) in [4.78, 5) is 11.5. The van der Waals surface area contributed by atoms with Crippen LogP contribution in [0.5, 0.6) is 0 Å². The largest absolute Gasteiger partial charge is 0.462 e. The zero-order chi connectivity index (χ0) is 13.8. The van der Waals surface area contributed by atoms with E-state index in [9.17, 15) is 13.2 Å². The molecular formula is C11H17NO4S2. The second-order valence-corrected chi connectivity index (χ2v) is 6.92. The highest BCUT2D eigenvalue weighted by molar-refractivity contribution is 7.91. The van der Waals surface area contributed by atoms with Gasteiger partial charge in [0, 0.05) is 11.4 Å². The second-order valence-electron chi connectivity index (χ2n) is 4.07. The molecule has 0 fully saturated rings. The first-order valence-corrected chi connectivity index (χ1v) is 8.01. The molecule has 0 spiro atoms. The molecule has 7 heteroatoms. The number of ether oxygens (including phenoxy) is 1. The number of rotatable bonds is 6. The molecule has 0 saturated carbocycles. The molecule has 102 valence electrons. The number of sulfonamides is 1. The van der Waals surface area contributed by atoms with Gasteiger partial charge in [0.15, 0.2) is 0 Å². The molecule has 0 radical (unpaired) electrons. The average Bonchev–Trinajstić information content (AvgIpc) is 2.74. The molecule has 18 heavy (non-hydrogen) atoms. The number of esters is 1. The maximum absolute atomic E-state index is 11.8. The number of carbonyl (C=O) groups is 1. The molecule has 0 bridgehead atoms. The van der Waals surface area contributed by atoms with Gasteiger partial charge in [-0.2, -0.15) is 0 Å². The summed E-state index contributed by atoms with van der Waals surface area (Å²) in [5.74, 6) is -0.487. The lowest BCUT2D eigenvalue weighted by Gasteiger charge is -2.06. The highest BCUT2D eigenvalue weighted by atomic mass is 32.2. The fraction of sp³-hybridized carbons (Fsp3) is 0.545. The first-order valence-electron chi connectivity index (χ1n) is 5.64. The fourth-order valence-electron chi connectivity index (χ4n) is 1.21. The highest BCUT2D eigenvalue weighted by Crippen LogP contribution is 2.21. The van der Waals surface area contributed by atoms with Crippen LogP contribution in [0, 0.1) is 0 Å². The predicted octanol–water partition coefficient (Wildman–Crippen LogP) is 2.00. The summed E-state index contributed by atoms with van der Waals surface area (Å²) in [5, 5.41) is 1.49. The Morgan fingerprint density at radius 2 is 2.17 bits per heavy atom. The van der Waals surface area contributed by atoms with Crippen LogP contribution in [0.2, 0.25) is 0 Å². The molecule has 1 N–H and O–H groups in total. The monoisotopic (exact) mass is 291 g/mol. The maximum Gasteiger partial charge on any atom is 0.339 e. The van der Waals surface area contributed by atoms with E-state index in [2.05, 4.69) is 4.72 Å². The minimum atomic E-state index is -3.53. The van der Waals surface area contributed by atoms with Crippen molar-refractivity contribution in [1.82, 2.24) is 4.72 Å². The summed E-state index contributed by atoms with van der Waals surface area (Å²) in [6.45, 7) is 5.70. The summed E-state index contributed by atoms with van der Waals surface area (Å²) in [6, 6.07) is 1.15. The zero-order valence-corrected chi connectivity index (χ0v) is 12.2. The van der Waals surface area contributed by atoms with E-state index in [1.807, 2.05) is 6.92 Å². The van der Waals surface area contributed by atoms with Crippen LogP contribution in [-0.2, 0) is 14.8 Å². The SMILES string of the molecule is CCCOC(=O)c1csc(S(=O)(=O)NC(C)C)c1. The zero-order valence-electron chi connectivity index (χ0n) is 10.6. The van der Waals surface area contributed by atoms with Crippen LogP contribution < -0.4 is 4.72 Å². The third kappa shape index (κ3) is 4.08. The van der Waals surface area contributed by atoms with E-state index in [4.69, 9.17) is 4.74 Å². The van der Waals surface area contributed by atoms with Gasteiger partial charge < -0.3 is 4.74 Å². The van der Waals surface area contributed by atoms with Gasteiger partial charge in [0.1, 0.15) is 4.21 Å². The number of nitrogens with one attached hydrogen (secondary N) is 1. The van der Waals surface area contributed by atoms with Crippen LogP contribution in [0.4, 0.5) is 0 Å². The quantitative estimate of drug-likeness (QED) is 0.814. The van der Waals surface area contributed by atoms with Gasteiger partial charge in [0.2, 0.25) is 10.0 Å². The standard InChI is InChI=1S/C11H17NO4S2/c1-4-5-16-11(13)9-6-10(17-7-9)18(14,15)12-8(2)3/h6-8,12H,4-5H2,1-3H3. The molecule has 1 heterocycles. The first-order chi connectivity index (χ1) is 8.36. The average molecular weight is 291 g/mol. The Bertz CT molecular complexity index is 505. The summed E-state index contributed by atoms with van der Waals surface area (Å²) in [5.41, 5.74) is 0.276. The van der Waals surface area contributed by atoms with E-state index in [0.29, 0.717) is 6.61 Å². The van der Waals surface area contributed by atoms with Crippen molar-refractivity contribution in [3.8, 4) is 0 Å². The van der Waals surface area contributed by atoms with Gasteiger partial charge in [-0.25, -0.2) is 17.9 Å². The number of hydrogen-bond acceptors (Lipinski definition) is 5. The third-order valence-corrected chi connectivity index (χ3v) is 5.00. The Balaban J connectivity index is 2.83. The lowest BCUT2D eigenvalue weighted by Crippen LogP contribution is -2.29. The Kier molecular flexibility index (Phi) is 5.30. The Morgan fingerprint density at radius 1 is 1.50 bits per heavy atom.